The van der Waals surface area contributed by atoms with Crippen molar-refractivity contribution in [1.29, 1.82) is 0 Å². The van der Waals surface area contributed by atoms with Crippen LogP contribution in [0.5, 0.6) is 0 Å². The molecule has 0 amide bonds. The van der Waals surface area contributed by atoms with E-state index in [1.807, 2.05) is 18.7 Å². The molecule has 0 spiro atoms. The zero-order valence-electron chi connectivity index (χ0n) is 10.4. The number of likely N-dealkylation sites (tertiary alicyclic amines) is 1. The molecule has 0 aromatic carbocycles. The minimum absolute atomic E-state index is 0.0387. The molecular weight excluding hydrogens is 210 g/mol. The van der Waals surface area contributed by atoms with Crippen molar-refractivity contribution in [3.05, 3.63) is 0 Å². The molecule has 2 atom stereocenters. The monoisotopic (exact) mass is 231 g/mol. The van der Waals surface area contributed by atoms with Crippen molar-refractivity contribution in [1.82, 2.24) is 4.90 Å². The molecule has 1 aliphatic rings. The minimum atomic E-state index is -0.193. The number of hydrogen-bond donors (Lipinski definition) is 0. The van der Waals surface area contributed by atoms with Crippen LogP contribution >= 0.6 is 0 Å². The van der Waals surface area contributed by atoms with Gasteiger partial charge in [0.15, 0.2) is 0 Å². The van der Waals surface area contributed by atoms with Gasteiger partial charge in [0.2, 0.25) is 0 Å². The third-order valence-electron chi connectivity index (χ3n) is 2.62. The third-order valence-corrected chi connectivity index (χ3v) is 2.62. The summed E-state index contributed by atoms with van der Waals surface area (Å²) in [7, 11) is 3.32. The van der Waals surface area contributed by atoms with Gasteiger partial charge in [-0.3, -0.25) is 9.69 Å². The first-order valence-electron chi connectivity index (χ1n) is 5.54. The number of rotatable bonds is 5. The van der Waals surface area contributed by atoms with E-state index in [0.717, 1.165) is 0 Å². The van der Waals surface area contributed by atoms with Crippen LogP contribution in [0.3, 0.4) is 0 Å². The molecule has 5 heteroatoms. The molecule has 2 unspecified atom stereocenters. The zero-order valence-corrected chi connectivity index (χ0v) is 10.4. The highest BCUT2D eigenvalue weighted by molar-refractivity contribution is 5.71. The smallest absolute Gasteiger partial charge is 0.320 e. The highest BCUT2D eigenvalue weighted by Gasteiger charge is 2.33. The first kappa shape index (κ1) is 13.4. The average Bonchev–Trinajstić information content (AvgIpc) is 2.58. The summed E-state index contributed by atoms with van der Waals surface area (Å²) in [5.74, 6) is -0.193. The SMILES string of the molecule is COC1CN(CC(=O)OC(C)C)CC1OC. The number of nitrogens with zero attached hydrogens (tertiary/aromatic N) is 1. The van der Waals surface area contributed by atoms with Crippen LogP contribution in [0.2, 0.25) is 0 Å². The molecule has 5 nitrogen and oxygen atoms in total. The summed E-state index contributed by atoms with van der Waals surface area (Å²) >= 11 is 0. The van der Waals surface area contributed by atoms with Gasteiger partial charge in [-0.1, -0.05) is 0 Å². The molecular formula is C11H21NO4. The molecule has 94 valence electrons. The maximum absolute atomic E-state index is 11.5. The normalized spacial score (nSPS) is 26.3. The van der Waals surface area contributed by atoms with E-state index in [1.54, 1.807) is 14.2 Å². The number of methoxy groups -OCH3 is 2. The average molecular weight is 231 g/mol. The van der Waals surface area contributed by atoms with Gasteiger partial charge in [-0.25, -0.2) is 0 Å². The number of carbonyl (C=O) groups excluding carboxylic acids is 1. The van der Waals surface area contributed by atoms with Crippen LogP contribution in [-0.2, 0) is 19.0 Å². The second kappa shape index (κ2) is 6.18. The fourth-order valence-electron chi connectivity index (χ4n) is 1.88. The minimum Gasteiger partial charge on any atom is -0.462 e. The second-order valence-corrected chi connectivity index (χ2v) is 4.28. The van der Waals surface area contributed by atoms with Crippen molar-refractivity contribution in [3.8, 4) is 0 Å². The summed E-state index contributed by atoms with van der Waals surface area (Å²) in [5, 5.41) is 0. The van der Waals surface area contributed by atoms with Crippen LogP contribution in [0.25, 0.3) is 0 Å². The molecule has 16 heavy (non-hydrogen) atoms. The Kier molecular flexibility index (Phi) is 5.18. The van der Waals surface area contributed by atoms with E-state index in [-0.39, 0.29) is 24.3 Å². The van der Waals surface area contributed by atoms with Crippen LogP contribution in [0, 0.1) is 0 Å². The lowest BCUT2D eigenvalue weighted by atomic mass is 10.3. The number of ether oxygens (including phenoxy) is 3. The van der Waals surface area contributed by atoms with Crippen molar-refractivity contribution >= 4 is 5.97 Å². The Morgan fingerprint density at radius 3 is 2.12 bits per heavy atom. The van der Waals surface area contributed by atoms with Gasteiger partial charge in [0.1, 0.15) is 0 Å². The standard InChI is InChI=1S/C11H21NO4/c1-8(2)16-11(13)7-12-5-9(14-3)10(6-12)15-4/h8-10H,5-7H2,1-4H3. The molecule has 0 saturated carbocycles. The van der Waals surface area contributed by atoms with E-state index in [2.05, 4.69) is 0 Å². The van der Waals surface area contributed by atoms with Crippen LogP contribution in [0.15, 0.2) is 0 Å². The molecule has 0 aromatic heterocycles. The van der Waals surface area contributed by atoms with Gasteiger partial charge in [0.25, 0.3) is 0 Å². The number of hydrogen-bond acceptors (Lipinski definition) is 5. The van der Waals surface area contributed by atoms with Crippen LogP contribution < -0.4 is 0 Å². The van der Waals surface area contributed by atoms with Gasteiger partial charge in [0.05, 0.1) is 24.9 Å². The van der Waals surface area contributed by atoms with Gasteiger partial charge < -0.3 is 14.2 Å². The molecule has 0 aromatic rings. The van der Waals surface area contributed by atoms with Crippen molar-refractivity contribution in [3.63, 3.8) is 0 Å². The maximum atomic E-state index is 11.5. The predicted molar refractivity (Wildman–Crippen MR) is 59.3 cm³/mol. The molecule has 0 bridgehead atoms. The lowest BCUT2D eigenvalue weighted by molar-refractivity contribution is -0.148. The summed E-state index contributed by atoms with van der Waals surface area (Å²) < 4.78 is 15.7. The van der Waals surface area contributed by atoms with Gasteiger partial charge in [-0.05, 0) is 13.8 Å². The van der Waals surface area contributed by atoms with Crippen LogP contribution in [0.1, 0.15) is 13.8 Å². The maximum Gasteiger partial charge on any atom is 0.320 e. The predicted octanol–water partition coefficient (Wildman–Crippen LogP) is 0.284. The fraction of sp³-hybridized carbons (Fsp3) is 0.909. The van der Waals surface area contributed by atoms with Crippen molar-refractivity contribution in [2.75, 3.05) is 33.9 Å². The Bertz CT molecular complexity index is 220. The largest absolute Gasteiger partial charge is 0.462 e. The molecule has 1 heterocycles. The Hall–Kier alpha value is -0.650. The lowest BCUT2D eigenvalue weighted by Gasteiger charge is -2.15. The van der Waals surface area contributed by atoms with Crippen molar-refractivity contribution in [2.45, 2.75) is 32.2 Å². The summed E-state index contributed by atoms with van der Waals surface area (Å²) in [5.41, 5.74) is 0. The lowest BCUT2D eigenvalue weighted by Crippen LogP contribution is -2.31. The summed E-state index contributed by atoms with van der Waals surface area (Å²) in [6.07, 6.45) is 0.0141. The first-order valence-corrected chi connectivity index (χ1v) is 5.54. The van der Waals surface area contributed by atoms with Crippen LogP contribution in [0.4, 0.5) is 0 Å². The Morgan fingerprint density at radius 1 is 1.25 bits per heavy atom. The van der Waals surface area contributed by atoms with Crippen molar-refractivity contribution in [2.24, 2.45) is 0 Å². The van der Waals surface area contributed by atoms with Crippen molar-refractivity contribution < 1.29 is 19.0 Å². The van der Waals surface area contributed by atoms with Gasteiger partial charge in [-0.2, -0.15) is 0 Å². The number of carbonyl (C=O) groups is 1. The molecule has 1 fully saturated rings. The van der Waals surface area contributed by atoms with E-state index in [4.69, 9.17) is 14.2 Å². The highest BCUT2D eigenvalue weighted by Crippen LogP contribution is 2.15. The topological polar surface area (TPSA) is 48.0 Å². The summed E-state index contributed by atoms with van der Waals surface area (Å²) in [6.45, 7) is 5.41. The molecule has 0 N–H and O–H groups in total. The molecule has 1 rings (SSSR count). The number of esters is 1. The Labute approximate surface area is 96.6 Å². The van der Waals surface area contributed by atoms with E-state index in [9.17, 15) is 4.79 Å². The summed E-state index contributed by atoms with van der Waals surface area (Å²) in [6, 6.07) is 0. The zero-order chi connectivity index (χ0) is 12.1. The van der Waals surface area contributed by atoms with Gasteiger partial charge >= 0.3 is 5.97 Å². The molecule has 0 radical (unpaired) electrons. The van der Waals surface area contributed by atoms with Gasteiger partial charge in [-0.15, -0.1) is 0 Å². The molecule has 0 aliphatic carbocycles. The Balaban J connectivity index is 2.37. The van der Waals surface area contributed by atoms with E-state index in [0.29, 0.717) is 19.6 Å². The molecule has 1 aliphatic heterocycles. The van der Waals surface area contributed by atoms with Gasteiger partial charge in [0, 0.05) is 27.3 Å². The third kappa shape index (κ3) is 3.73. The quantitative estimate of drug-likeness (QED) is 0.636. The second-order valence-electron chi connectivity index (χ2n) is 4.28. The summed E-state index contributed by atoms with van der Waals surface area (Å²) in [4.78, 5) is 13.4. The van der Waals surface area contributed by atoms with E-state index >= 15 is 0 Å². The highest BCUT2D eigenvalue weighted by atomic mass is 16.5. The molecule has 1 saturated heterocycles. The van der Waals surface area contributed by atoms with E-state index in [1.165, 1.54) is 0 Å². The van der Waals surface area contributed by atoms with E-state index < -0.39 is 0 Å². The Morgan fingerprint density at radius 2 is 1.75 bits per heavy atom. The van der Waals surface area contributed by atoms with Crippen LogP contribution in [-0.4, -0.2) is 63.0 Å². The fourth-order valence-corrected chi connectivity index (χ4v) is 1.88. The first-order chi connectivity index (χ1) is 7.56.